The molecule has 2 saturated heterocycles. The van der Waals surface area contributed by atoms with Crippen LogP contribution in [0.5, 0.6) is 11.7 Å². The molecule has 0 saturated carbocycles. The molecule has 0 spiro atoms. The number of para-hydroxylation sites is 1. The molecule has 2 aliphatic heterocycles. The van der Waals surface area contributed by atoms with Crippen molar-refractivity contribution in [2.24, 2.45) is 5.92 Å². The van der Waals surface area contributed by atoms with E-state index in [-0.39, 0.29) is 41.9 Å². The van der Waals surface area contributed by atoms with Gasteiger partial charge in [0.1, 0.15) is 5.75 Å². The first-order valence-electron chi connectivity index (χ1n) is 10.3. The lowest BCUT2D eigenvalue weighted by molar-refractivity contribution is -0.123. The van der Waals surface area contributed by atoms with Crippen LogP contribution in [0.25, 0.3) is 0 Å². The Morgan fingerprint density at radius 2 is 1.97 bits per heavy atom. The van der Waals surface area contributed by atoms with Crippen LogP contribution >= 0.6 is 12.4 Å². The van der Waals surface area contributed by atoms with E-state index in [1.54, 1.807) is 17.0 Å². The van der Waals surface area contributed by atoms with Crippen molar-refractivity contribution in [2.75, 3.05) is 26.2 Å². The van der Waals surface area contributed by atoms with Crippen LogP contribution in [0.3, 0.4) is 0 Å². The van der Waals surface area contributed by atoms with E-state index in [1.165, 1.54) is 0 Å². The molecule has 8 heteroatoms. The van der Waals surface area contributed by atoms with E-state index in [4.69, 9.17) is 9.15 Å². The molecule has 1 aromatic carbocycles. The lowest BCUT2D eigenvalue weighted by Gasteiger charge is -2.32. The van der Waals surface area contributed by atoms with Gasteiger partial charge in [-0.25, -0.2) is 0 Å². The zero-order valence-corrected chi connectivity index (χ0v) is 17.7. The first kappa shape index (κ1) is 22.2. The van der Waals surface area contributed by atoms with Crippen LogP contribution in [0.4, 0.5) is 0 Å². The number of amides is 2. The van der Waals surface area contributed by atoms with Crippen molar-refractivity contribution in [3.05, 3.63) is 48.2 Å². The predicted octanol–water partition coefficient (Wildman–Crippen LogP) is 3.21. The Kier molecular flexibility index (Phi) is 7.76. The van der Waals surface area contributed by atoms with Gasteiger partial charge in [0.15, 0.2) is 5.76 Å². The molecule has 0 aliphatic carbocycles. The molecule has 0 bridgehead atoms. The molecule has 0 radical (unpaired) electrons. The molecule has 3 heterocycles. The van der Waals surface area contributed by atoms with Crippen LogP contribution < -0.4 is 15.4 Å². The maximum atomic E-state index is 12.8. The van der Waals surface area contributed by atoms with Crippen LogP contribution in [0.15, 0.2) is 46.9 Å². The van der Waals surface area contributed by atoms with Crippen LogP contribution in [-0.2, 0) is 4.79 Å². The number of furan rings is 1. The van der Waals surface area contributed by atoms with Gasteiger partial charge in [-0.05, 0) is 56.3 Å². The smallest absolute Gasteiger partial charge is 0.290 e. The summed E-state index contributed by atoms with van der Waals surface area (Å²) in [5, 5.41) is 6.25. The molecule has 2 atom stereocenters. The second kappa shape index (κ2) is 10.5. The van der Waals surface area contributed by atoms with Crippen molar-refractivity contribution in [3.63, 3.8) is 0 Å². The summed E-state index contributed by atoms with van der Waals surface area (Å²) >= 11 is 0. The maximum Gasteiger partial charge on any atom is 0.290 e. The van der Waals surface area contributed by atoms with Crippen LogP contribution in [-0.4, -0.2) is 48.9 Å². The van der Waals surface area contributed by atoms with E-state index in [2.05, 4.69) is 10.6 Å². The molecule has 2 aromatic rings. The van der Waals surface area contributed by atoms with Gasteiger partial charge in [0.25, 0.3) is 11.9 Å². The average Bonchev–Trinajstić information content (AvgIpc) is 3.45. The Bertz CT molecular complexity index is 836. The van der Waals surface area contributed by atoms with Gasteiger partial charge < -0.3 is 24.7 Å². The summed E-state index contributed by atoms with van der Waals surface area (Å²) in [6, 6.07) is 12.6. The molecular formula is C22H28ClN3O4. The molecule has 30 heavy (non-hydrogen) atoms. The van der Waals surface area contributed by atoms with Gasteiger partial charge in [0, 0.05) is 25.7 Å². The number of hydrogen-bond donors (Lipinski definition) is 2. The van der Waals surface area contributed by atoms with Crippen molar-refractivity contribution in [1.29, 1.82) is 0 Å². The third kappa shape index (κ3) is 5.55. The Balaban J connectivity index is 0.00000256. The number of halogens is 1. The lowest BCUT2D eigenvalue weighted by atomic mass is 9.97. The van der Waals surface area contributed by atoms with Gasteiger partial charge in [-0.3, -0.25) is 9.59 Å². The molecule has 2 fully saturated rings. The van der Waals surface area contributed by atoms with E-state index in [0.29, 0.717) is 31.3 Å². The van der Waals surface area contributed by atoms with Gasteiger partial charge in [0.05, 0.1) is 6.04 Å². The van der Waals surface area contributed by atoms with Crippen LogP contribution in [0.1, 0.15) is 36.2 Å². The molecule has 2 N–H and O–H groups in total. The zero-order valence-electron chi connectivity index (χ0n) is 16.8. The summed E-state index contributed by atoms with van der Waals surface area (Å²) in [4.78, 5) is 26.8. The van der Waals surface area contributed by atoms with E-state index in [1.807, 2.05) is 30.3 Å². The summed E-state index contributed by atoms with van der Waals surface area (Å²) in [5.41, 5.74) is 0. The average molecular weight is 434 g/mol. The van der Waals surface area contributed by atoms with E-state index < -0.39 is 0 Å². The second-order valence-corrected chi connectivity index (χ2v) is 7.69. The first-order chi connectivity index (χ1) is 14.2. The van der Waals surface area contributed by atoms with Crippen molar-refractivity contribution >= 4 is 24.2 Å². The van der Waals surface area contributed by atoms with E-state index >= 15 is 0 Å². The number of nitrogens with one attached hydrogen (secondary N) is 2. The van der Waals surface area contributed by atoms with E-state index in [9.17, 15) is 9.59 Å². The van der Waals surface area contributed by atoms with Crippen molar-refractivity contribution in [2.45, 2.75) is 31.7 Å². The number of likely N-dealkylation sites (tertiary alicyclic amines) is 1. The quantitative estimate of drug-likeness (QED) is 0.730. The summed E-state index contributed by atoms with van der Waals surface area (Å²) in [7, 11) is 0. The number of piperidine rings is 1. The minimum Gasteiger partial charge on any atom is -0.426 e. The van der Waals surface area contributed by atoms with Crippen LogP contribution in [0, 0.1) is 5.92 Å². The Morgan fingerprint density at radius 1 is 1.13 bits per heavy atom. The number of hydrogen-bond acceptors (Lipinski definition) is 5. The summed E-state index contributed by atoms with van der Waals surface area (Å²) < 4.78 is 11.3. The van der Waals surface area contributed by atoms with Gasteiger partial charge in [-0.15, -0.1) is 12.4 Å². The summed E-state index contributed by atoms with van der Waals surface area (Å²) in [6.45, 7) is 2.82. The summed E-state index contributed by atoms with van der Waals surface area (Å²) in [6.07, 6.45) is 3.86. The molecular weight excluding hydrogens is 406 g/mol. The van der Waals surface area contributed by atoms with Gasteiger partial charge in [0.2, 0.25) is 5.91 Å². The lowest BCUT2D eigenvalue weighted by Crippen LogP contribution is -2.46. The fraction of sp³-hybridized carbons (Fsp3) is 0.455. The highest BCUT2D eigenvalue weighted by Crippen LogP contribution is 2.25. The molecule has 4 rings (SSSR count). The number of carbonyl (C=O) groups excluding carboxylic acids is 2. The van der Waals surface area contributed by atoms with Crippen molar-refractivity contribution in [1.82, 2.24) is 15.5 Å². The third-order valence-corrected chi connectivity index (χ3v) is 5.50. The highest BCUT2D eigenvalue weighted by molar-refractivity contribution is 5.91. The molecule has 2 amide bonds. The third-order valence-electron chi connectivity index (χ3n) is 5.50. The molecule has 162 valence electrons. The molecule has 7 nitrogen and oxygen atoms in total. The van der Waals surface area contributed by atoms with Gasteiger partial charge in [-0.1, -0.05) is 18.2 Å². The highest BCUT2D eigenvalue weighted by atomic mass is 35.5. The predicted molar refractivity (Wildman–Crippen MR) is 115 cm³/mol. The fourth-order valence-corrected chi connectivity index (χ4v) is 3.94. The van der Waals surface area contributed by atoms with Gasteiger partial charge >= 0.3 is 0 Å². The standard InChI is InChI=1S/C22H27N3O4.ClH/c26-21(18-9-4-12-23-18)24-14-16-6-5-13-25(15-16)22(27)19-10-11-20(29-19)28-17-7-2-1-3-8-17;/h1-3,7-8,10-11,16,18,23H,4-6,9,12-15H2,(H,24,26);1H. The number of benzene rings is 1. The molecule has 2 aliphatic rings. The minimum absolute atomic E-state index is 0. The van der Waals surface area contributed by atoms with E-state index in [0.717, 1.165) is 32.2 Å². The topological polar surface area (TPSA) is 83.8 Å². The van der Waals surface area contributed by atoms with Crippen molar-refractivity contribution < 1.29 is 18.7 Å². The largest absolute Gasteiger partial charge is 0.426 e. The van der Waals surface area contributed by atoms with Gasteiger partial charge in [-0.2, -0.15) is 0 Å². The number of ether oxygens (including phenoxy) is 1. The zero-order chi connectivity index (χ0) is 20.1. The molecule has 2 unspecified atom stereocenters. The summed E-state index contributed by atoms with van der Waals surface area (Å²) in [5.74, 6) is 1.42. The monoisotopic (exact) mass is 433 g/mol. The Hall–Kier alpha value is -2.51. The normalized spacial score (nSPS) is 21.0. The minimum atomic E-state index is -0.138. The number of nitrogens with zero attached hydrogens (tertiary/aromatic N) is 1. The Morgan fingerprint density at radius 3 is 2.73 bits per heavy atom. The SMILES string of the molecule is Cl.O=C(NCC1CCCN(C(=O)c2ccc(Oc3ccccc3)o2)C1)C1CCCN1. The first-order valence-corrected chi connectivity index (χ1v) is 10.3. The maximum absolute atomic E-state index is 12.8. The number of rotatable bonds is 6. The van der Waals surface area contributed by atoms with Crippen molar-refractivity contribution in [3.8, 4) is 11.7 Å². The highest BCUT2D eigenvalue weighted by Gasteiger charge is 2.28. The fourth-order valence-electron chi connectivity index (χ4n) is 3.94. The second-order valence-electron chi connectivity index (χ2n) is 7.69. The number of carbonyl (C=O) groups is 2. The Labute approximate surface area is 182 Å². The van der Waals surface area contributed by atoms with Crippen LogP contribution in [0.2, 0.25) is 0 Å². The molecule has 1 aromatic heterocycles.